The largest absolute Gasteiger partial charge is 0.371 e. The number of hydrogen-bond acceptors (Lipinski definition) is 6. The molecule has 1 saturated heterocycles. The van der Waals surface area contributed by atoms with Gasteiger partial charge in [-0.05, 0) is 39.2 Å². The highest BCUT2D eigenvalue weighted by Gasteiger charge is 2.54. The first-order valence-electron chi connectivity index (χ1n) is 10.9. The van der Waals surface area contributed by atoms with Gasteiger partial charge in [0.25, 0.3) is 0 Å². The van der Waals surface area contributed by atoms with Crippen LogP contribution < -0.4 is 10.6 Å². The predicted octanol–water partition coefficient (Wildman–Crippen LogP) is 1.99. The highest BCUT2D eigenvalue weighted by Crippen LogP contribution is 2.47. The molecule has 2 fully saturated rings. The maximum Gasteiger partial charge on any atom is 0.159 e. The Kier molecular flexibility index (Phi) is 3.69. The summed E-state index contributed by atoms with van der Waals surface area (Å²) >= 11 is 0. The summed E-state index contributed by atoms with van der Waals surface area (Å²) in [6, 6.07) is 2.18. The highest BCUT2D eigenvalue weighted by atomic mass is 16.5. The number of aromatic nitrogens is 5. The van der Waals surface area contributed by atoms with Gasteiger partial charge in [-0.1, -0.05) is 0 Å². The number of fused-ring (bicyclic) bond motifs is 4. The number of rotatable bonds is 3. The second-order valence-corrected chi connectivity index (χ2v) is 9.64. The molecule has 0 aromatic carbocycles. The van der Waals surface area contributed by atoms with Gasteiger partial charge in [-0.2, -0.15) is 10.2 Å². The Morgan fingerprint density at radius 1 is 1.27 bits per heavy atom. The lowest BCUT2D eigenvalue weighted by Gasteiger charge is -2.32. The molecule has 0 spiro atoms. The molecule has 3 aromatic rings. The van der Waals surface area contributed by atoms with Crippen LogP contribution in [0.2, 0.25) is 0 Å². The summed E-state index contributed by atoms with van der Waals surface area (Å²) in [7, 11) is 1.95. The first-order chi connectivity index (χ1) is 14.3. The molecule has 1 aliphatic carbocycles. The Hall–Kier alpha value is -2.45. The van der Waals surface area contributed by atoms with E-state index in [0.717, 1.165) is 67.7 Å². The third-order valence-corrected chi connectivity index (χ3v) is 7.34. The van der Waals surface area contributed by atoms with E-state index >= 15 is 0 Å². The molecule has 2 atom stereocenters. The normalized spacial score (nSPS) is 27.9. The number of nitrogens with two attached hydrogens (primary N) is 1. The molecule has 158 valence electrons. The van der Waals surface area contributed by atoms with Crippen LogP contribution in [0, 0.1) is 13.8 Å². The standard InChI is InChI=1S/C22H29N7O/c1-14-8-19(16-9-24-27(3)20(16)25-14)28-7-4-18-17(10-28)15(2)26-29(18)12-22-6-5-21(23,11-22)13-30-22/h8-9H,4-7,10-13,23H2,1-3H3. The molecular weight excluding hydrogens is 378 g/mol. The van der Waals surface area contributed by atoms with Crippen molar-refractivity contribution in [3.05, 3.63) is 34.9 Å². The minimum atomic E-state index is -0.123. The van der Waals surface area contributed by atoms with Gasteiger partial charge in [0.1, 0.15) is 0 Å². The molecule has 1 saturated carbocycles. The van der Waals surface area contributed by atoms with Crippen LogP contribution in [0.15, 0.2) is 12.3 Å². The van der Waals surface area contributed by atoms with Crippen molar-refractivity contribution >= 4 is 16.7 Å². The van der Waals surface area contributed by atoms with Crippen LogP contribution in [-0.2, 0) is 31.3 Å². The smallest absolute Gasteiger partial charge is 0.159 e. The molecule has 2 N–H and O–H groups in total. The highest BCUT2D eigenvalue weighted by molar-refractivity contribution is 5.89. The van der Waals surface area contributed by atoms with Crippen molar-refractivity contribution in [3.8, 4) is 0 Å². The fourth-order valence-corrected chi connectivity index (χ4v) is 5.77. The van der Waals surface area contributed by atoms with E-state index in [1.165, 1.54) is 16.9 Å². The van der Waals surface area contributed by atoms with Gasteiger partial charge < -0.3 is 15.4 Å². The summed E-state index contributed by atoms with van der Waals surface area (Å²) < 4.78 is 10.3. The molecule has 2 unspecified atom stereocenters. The van der Waals surface area contributed by atoms with Crippen LogP contribution in [0.5, 0.6) is 0 Å². The van der Waals surface area contributed by atoms with E-state index in [4.69, 9.17) is 15.6 Å². The Morgan fingerprint density at radius 3 is 2.87 bits per heavy atom. The Labute approximate surface area is 176 Å². The van der Waals surface area contributed by atoms with E-state index in [-0.39, 0.29) is 11.1 Å². The second kappa shape index (κ2) is 6.04. The zero-order valence-corrected chi connectivity index (χ0v) is 18.0. The number of pyridine rings is 1. The molecule has 2 aliphatic heterocycles. The monoisotopic (exact) mass is 407 g/mol. The molecule has 2 bridgehead atoms. The third kappa shape index (κ3) is 2.63. The van der Waals surface area contributed by atoms with E-state index in [9.17, 15) is 0 Å². The SMILES string of the molecule is Cc1cc(N2CCc3c(c(C)nn3CC34CCC(N)(CO3)C4)C2)c2cnn(C)c2n1. The van der Waals surface area contributed by atoms with E-state index in [1.807, 2.05) is 17.9 Å². The van der Waals surface area contributed by atoms with Crippen LogP contribution in [0.25, 0.3) is 11.0 Å². The maximum atomic E-state index is 6.45. The van der Waals surface area contributed by atoms with Gasteiger partial charge in [0.2, 0.25) is 0 Å². The molecular formula is C22H29N7O. The van der Waals surface area contributed by atoms with Crippen molar-refractivity contribution in [2.24, 2.45) is 12.8 Å². The summed E-state index contributed by atoms with van der Waals surface area (Å²) in [6.07, 6.45) is 5.96. The average molecular weight is 408 g/mol. The molecule has 5 heterocycles. The van der Waals surface area contributed by atoms with E-state index in [2.05, 4.69) is 39.6 Å². The van der Waals surface area contributed by atoms with Gasteiger partial charge in [-0.25, -0.2) is 4.98 Å². The van der Waals surface area contributed by atoms with Gasteiger partial charge in [-0.3, -0.25) is 9.36 Å². The van der Waals surface area contributed by atoms with Gasteiger partial charge >= 0.3 is 0 Å². The van der Waals surface area contributed by atoms with Crippen molar-refractivity contribution in [3.63, 3.8) is 0 Å². The number of anilines is 1. The van der Waals surface area contributed by atoms with Crippen molar-refractivity contribution in [2.45, 2.75) is 63.8 Å². The lowest BCUT2D eigenvalue weighted by Crippen LogP contribution is -2.38. The minimum Gasteiger partial charge on any atom is -0.371 e. The van der Waals surface area contributed by atoms with Crippen molar-refractivity contribution in [2.75, 3.05) is 18.1 Å². The van der Waals surface area contributed by atoms with Gasteiger partial charge in [0, 0.05) is 49.0 Å². The minimum absolute atomic E-state index is 0.118. The number of nitrogens with zero attached hydrogens (tertiary/aromatic N) is 6. The summed E-state index contributed by atoms with van der Waals surface area (Å²) in [4.78, 5) is 7.12. The predicted molar refractivity (Wildman–Crippen MR) is 114 cm³/mol. The van der Waals surface area contributed by atoms with Gasteiger partial charge in [0.15, 0.2) is 5.65 Å². The first kappa shape index (κ1) is 18.3. The first-order valence-corrected chi connectivity index (χ1v) is 10.9. The maximum absolute atomic E-state index is 6.45. The molecule has 30 heavy (non-hydrogen) atoms. The number of aryl methyl sites for hydroxylation is 3. The average Bonchev–Trinajstić information content (AvgIpc) is 3.43. The third-order valence-electron chi connectivity index (χ3n) is 7.34. The zero-order chi connectivity index (χ0) is 20.7. The number of hydrogen-bond donors (Lipinski definition) is 1. The fourth-order valence-electron chi connectivity index (χ4n) is 5.77. The second-order valence-electron chi connectivity index (χ2n) is 9.64. The molecule has 0 amide bonds. The van der Waals surface area contributed by atoms with E-state index in [1.54, 1.807) is 0 Å². The van der Waals surface area contributed by atoms with Crippen LogP contribution in [-0.4, -0.2) is 48.8 Å². The molecule has 3 aromatic heterocycles. The van der Waals surface area contributed by atoms with Crippen LogP contribution in [0.3, 0.4) is 0 Å². The molecule has 0 radical (unpaired) electrons. The summed E-state index contributed by atoms with van der Waals surface area (Å²) in [5, 5.41) is 10.5. The Morgan fingerprint density at radius 2 is 2.13 bits per heavy atom. The lowest BCUT2D eigenvalue weighted by atomic mass is 9.99. The lowest BCUT2D eigenvalue weighted by molar-refractivity contribution is -0.0336. The number of ether oxygens (including phenoxy) is 1. The molecule has 8 nitrogen and oxygen atoms in total. The summed E-state index contributed by atoms with van der Waals surface area (Å²) in [5.74, 6) is 0. The zero-order valence-electron chi connectivity index (χ0n) is 18.0. The molecule has 6 rings (SSSR count). The van der Waals surface area contributed by atoms with Crippen molar-refractivity contribution < 1.29 is 4.74 Å². The van der Waals surface area contributed by atoms with Crippen molar-refractivity contribution in [1.82, 2.24) is 24.5 Å². The summed E-state index contributed by atoms with van der Waals surface area (Å²) in [5.41, 5.74) is 13.2. The van der Waals surface area contributed by atoms with Crippen LogP contribution >= 0.6 is 0 Å². The Balaban J connectivity index is 1.32. The van der Waals surface area contributed by atoms with Crippen LogP contribution in [0.4, 0.5) is 5.69 Å². The van der Waals surface area contributed by atoms with Crippen LogP contribution in [0.1, 0.15) is 41.9 Å². The fraction of sp³-hybridized carbons (Fsp3) is 0.591. The van der Waals surface area contributed by atoms with E-state index in [0.29, 0.717) is 6.61 Å². The van der Waals surface area contributed by atoms with Crippen molar-refractivity contribution in [1.29, 1.82) is 0 Å². The van der Waals surface area contributed by atoms with Gasteiger partial charge in [-0.15, -0.1) is 0 Å². The molecule has 3 aliphatic rings. The summed E-state index contributed by atoms with van der Waals surface area (Å²) in [6.45, 7) is 7.51. The Bertz CT molecular complexity index is 1150. The van der Waals surface area contributed by atoms with Gasteiger partial charge in [0.05, 0.1) is 41.7 Å². The quantitative estimate of drug-likeness (QED) is 0.715. The van der Waals surface area contributed by atoms with E-state index < -0.39 is 0 Å². The topological polar surface area (TPSA) is 87.0 Å². The molecule has 8 heteroatoms.